The van der Waals surface area contributed by atoms with Gasteiger partial charge in [0.1, 0.15) is 0 Å². The van der Waals surface area contributed by atoms with Gasteiger partial charge in [-0.3, -0.25) is 0 Å². The molecule has 0 radical (unpaired) electrons. The highest BCUT2D eigenvalue weighted by atomic mass is 35.5. The van der Waals surface area contributed by atoms with Crippen LogP contribution in [0.2, 0.25) is 0 Å². The third-order valence-corrected chi connectivity index (χ3v) is 2.14. The molecule has 80 valence electrons. The smallest absolute Gasteiger partial charge is 0.163 e. The molecule has 0 unspecified atom stereocenters. The number of hydrogen-bond donors (Lipinski definition) is 1. The Hall–Kier alpha value is -0.670. The Balaban J connectivity index is 0.00000169. The first kappa shape index (κ1) is 13.3. The van der Waals surface area contributed by atoms with Crippen molar-refractivity contribution in [2.45, 2.75) is 26.3 Å². The molecular weight excluding hydrogens is 208 g/mol. The molecule has 0 amide bonds. The monoisotopic (exact) mass is 221 g/mol. The van der Waals surface area contributed by atoms with Gasteiger partial charge >= 0.3 is 0 Å². The van der Waals surface area contributed by atoms with Gasteiger partial charge in [0.15, 0.2) is 11.6 Å². The lowest BCUT2D eigenvalue weighted by Crippen LogP contribution is -2.12. The third-order valence-electron chi connectivity index (χ3n) is 2.14. The molecule has 0 aliphatic rings. The Morgan fingerprint density at radius 3 is 2.36 bits per heavy atom. The average molecular weight is 222 g/mol. The van der Waals surface area contributed by atoms with Crippen molar-refractivity contribution < 1.29 is 8.78 Å². The summed E-state index contributed by atoms with van der Waals surface area (Å²) in [5, 5.41) is 0. The van der Waals surface area contributed by atoms with E-state index in [-0.39, 0.29) is 18.0 Å². The van der Waals surface area contributed by atoms with Crippen LogP contribution < -0.4 is 5.73 Å². The SMILES string of the molecule is CC[C@H](N)c1ccc(C)c(F)c1F.Cl. The lowest BCUT2D eigenvalue weighted by atomic mass is 10.0. The minimum Gasteiger partial charge on any atom is -0.324 e. The fourth-order valence-corrected chi connectivity index (χ4v) is 1.17. The van der Waals surface area contributed by atoms with Gasteiger partial charge in [0, 0.05) is 11.6 Å². The molecule has 0 fully saturated rings. The number of hydrogen-bond acceptors (Lipinski definition) is 1. The molecule has 0 bridgehead atoms. The number of halogens is 3. The summed E-state index contributed by atoms with van der Waals surface area (Å²) in [7, 11) is 0. The highest BCUT2D eigenvalue weighted by molar-refractivity contribution is 5.85. The predicted octanol–water partition coefficient (Wildman–Crippen LogP) is 3.10. The predicted molar refractivity (Wildman–Crippen MR) is 55.6 cm³/mol. The molecule has 0 saturated carbocycles. The van der Waals surface area contributed by atoms with E-state index in [0.29, 0.717) is 12.0 Å². The zero-order valence-corrected chi connectivity index (χ0v) is 9.00. The molecular formula is C10H14ClF2N. The number of aryl methyl sites for hydroxylation is 1. The second-order valence-electron chi connectivity index (χ2n) is 3.11. The van der Waals surface area contributed by atoms with E-state index in [1.165, 1.54) is 6.92 Å². The molecule has 14 heavy (non-hydrogen) atoms. The first-order chi connectivity index (χ1) is 6.07. The first-order valence-corrected chi connectivity index (χ1v) is 4.28. The number of rotatable bonds is 2. The molecule has 1 atom stereocenters. The Labute approximate surface area is 88.7 Å². The zero-order chi connectivity index (χ0) is 10.0. The minimum atomic E-state index is -0.811. The molecule has 0 aliphatic carbocycles. The van der Waals surface area contributed by atoms with Crippen LogP contribution in [0.5, 0.6) is 0 Å². The molecule has 1 nitrogen and oxygen atoms in total. The van der Waals surface area contributed by atoms with Gasteiger partial charge in [-0.05, 0) is 18.9 Å². The van der Waals surface area contributed by atoms with Crippen LogP contribution >= 0.6 is 12.4 Å². The maximum Gasteiger partial charge on any atom is 0.163 e. The van der Waals surface area contributed by atoms with Gasteiger partial charge in [-0.2, -0.15) is 0 Å². The van der Waals surface area contributed by atoms with Crippen LogP contribution in [-0.4, -0.2) is 0 Å². The van der Waals surface area contributed by atoms with E-state index in [1.54, 1.807) is 12.1 Å². The molecule has 0 aliphatic heterocycles. The van der Waals surface area contributed by atoms with Crippen molar-refractivity contribution in [2.75, 3.05) is 0 Å². The Kier molecular flexibility index (Phi) is 5.02. The molecule has 2 N–H and O–H groups in total. The van der Waals surface area contributed by atoms with Crippen LogP contribution in [0.15, 0.2) is 12.1 Å². The van der Waals surface area contributed by atoms with Crippen LogP contribution in [0, 0.1) is 18.6 Å². The quantitative estimate of drug-likeness (QED) is 0.816. The summed E-state index contributed by atoms with van der Waals surface area (Å²) >= 11 is 0. The van der Waals surface area contributed by atoms with Gasteiger partial charge in [0.2, 0.25) is 0 Å². The topological polar surface area (TPSA) is 26.0 Å². The van der Waals surface area contributed by atoms with Crippen LogP contribution in [0.4, 0.5) is 8.78 Å². The molecule has 0 aromatic heterocycles. The van der Waals surface area contributed by atoms with E-state index in [9.17, 15) is 8.78 Å². The van der Waals surface area contributed by atoms with Crippen molar-refractivity contribution in [1.29, 1.82) is 0 Å². The zero-order valence-electron chi connectivity index (χ0n) is 8.18. The normalized spacial score (nSPS) is 12.1. The largest absolute Gasteiger partial charge is 0.324 e. The van der Waals surface area contributed by atoms with Gasteiger partial charge < -0.3 is 5.73 Å². The summed E-state index contributed by atoms with van der Waals surface area (Å²) < 4.78 is 26.3. The fraction of sp³-hybridized carbons (Fsp3) is 0.400. The second kappa shape index (κ2) is 5.27. The summed E-state index contributed by atoms with van der Waals surface area (Å²) in [6.07, 6.45) is 0.597. The molecule has 0 saturated heterocycles. The maximum atomic E-state index is 13.2. The number of nitrogens with two attached hydrogens (primary N) is 1. The molecule has 1 aromatic carbocycles. The lowest BCUT2D eigenvalue weighted by molar-refractivity contribution is 0.481. The average Bonchev–Trinajstić information content (AvgIpc) is 2.13. The molecule has 1 rings (SSSR count). The summed E-state index contributed by atoms with van der Waals surface area (Å²) in [6.45, 7) is 3.36. The second-order valence-corrected chi connectivity index (χ2v) is 3.11. The van der Waals surface area contributed by atoms with Crippen molar-refractivity contribution in [2.24, 2.45) is 5.73 Å². The summed E-state index contributed by atoms with van der Waals surface area (Å²) in [5.74, 6) is -1.60. The summed E-state index contributed by atoms with van der Waals surface area (Å²) in [6, 6.07) is 2.67. The Bertz CT molecular complexity index is 315. The van der Waals surface area contributed by atoms with Crippen molar-refractivity contribution in [3.8, 4) is 0 Å². The van der Waals surface area contributed by atoms with Crippen LogP contribution in [-0.2, 0) is 0 Å². The van der Waals surface area contributed by atoms with Crippen molar-refractivity contribution in [1.82, 2.24) is 0 Å². The van der Waals surface area contributed by atoms with Crippen molar-refractivity contribution in [3.05, 3.63) is 34.9 Å². The van der Waals surface area contributed by atoms with Crippen LogP contribution in [0.25, 0.3) is 0 Å². The third kappa shape index (κ3) is 2.42. The van der Waals surface area contributed by atoms with Gasteiger partial charge in [-0.25, -0.2) is 8.78 Å². The number of benzene rings is 1. The van der Waals surface area contributed by atoms with E-state index >= 15 is 0 Å². The van der Waals surface area contributed by atoms with E-state index in [1.807, 2.05) is 6.92 Å². The van der Waals surface area contributed by atoms with E-state index in [2.05, 4.69) is 0 Å². The molecule has 0 spiro atoms. The van der Waals surface area contributed by atoms with Gasteiger partial charge in [-0.15, -0.1) is 12.4 Å². The highest BCUT2D eigenvalue weighted by Gasteiger charge is 2.14. The standard InChI is InChI=1S/C10H13F2N.ClH/c1-3-8(13)7-5-4-6(2)9(11)10(7)12;/h4-5,8H,3,13H2,1-2H3;1H/t8-;/m0./s1. The van der Waals surface area contributed by atoms with Gasteiger partial charge in [-0.1, -0.05) is 19.1 Å². The minimum absolute atomic E-state index is 0. The van der Waals surface area contributed by atoms with Gasteiger partial charge in [0.25, 0.3) is 0 Å². The van der Waals surface area contributed by atoms with E-state index < -0.39 is 17.7 Å². The van der Waals surface area contributed by atoms with Gasteiger partial charge in [0.05, 0.1) is 0 Å². The first-order valence-electron chi connectivity index (χ1n) is 4.28. The summed E-state index contributed by atoms with van der Waals surface area (Å²) in [5.41, 5.74) is 6.17. The van der Waals surface area contributed by atoms with Crippen molar-refractivity contribution in [3.63, 3.8) is 0 Å². The highest BCUT2D eigenvalue weighted by Crippen LogP contribution is 2.21. The summed E-state index contributed by atoms with van der Waals surface area (Å²) in [4.78, 5) is 0. The van der Waals surface area contributed by atoms with Crippen LogP contribution in [0.3, 0.4) is 0 Å². The van der Waals surface area contributed by atoms with E-state index in [4.69, 9.17) is 5.73 Å². The molecule has 4 heteroatoms. The maximum absolute atomic E-state index is 13.2. The lowest BCUT2D eigenvalue weighted by Gasteiger charge is -2.11. The Morgan fingerprint density at radius 2 is 1.86 bits per heavy atom. The molecule has 1 aromatic rings. The Morgan fingerprint density at radius 1 is 1.29 bits per heavy atom. The molecule has 0 heterocycles. The fourth-order valence-electron chi connectivity index (χ4n) is 1.17. The van der Waals surface area contributed by atoms with Crippen molar-refractivity contribution >= 4 is 12.4 Å². The van der Waals surface area contributed by atoms with E-state index in [0.717, 1.165) is 0 Å². The van der Waals surface area contributed by atoms with Crippen LogP contribution in [0.1, 0.15) is 30.5 Å².